The summed E-state index contributed by atoms with van der Waals surface area (Å²) < 4.78 is 92.1. The summed E-state index contributed by atoms with van der Waals surface area (Å²) in [6.45, 7) is 5.82. The van der Waals surface area contributed by atoms with Gasteiger partial charge in [0.05, 0.1) is 31.8 Å². The number of methoxy groups -OCH3 is 2. The molecule has 1 unspecified atom stereocenters. The third-order valence-electron chi connectivity index (χ3n) is 10.3. The minimum absolute atomic E-state index is 0.0896. The number of carbonyl (C=O) groups is 1. The summed E-state index contributed by atoms with van der Waals surface area (Å²) in [6.07, 6.45) is -2.28. The minimum Gasteiger partial charge on any atom is -0.493 e. The molecule has 0 saturated carbocycles. The van der Waals surface area contributed by atoms with Crippen molar-refractivity contribution in [3.8, 4) is 11.5 Å². The third kappa shape index (κ3) is 8.54. The maximum absolute atomic E-state index is 13.6. The SMILES string of the molecule is COc1ccc(C2(CCN3CCC(N4CCCCC4)CC3)CCCN(C(=O)Cc3cc(C(F)(F)F)cc(C(F)(F)F)c3)C2)cc1OC. The van der Waals surface area contributed by atoms with Crippen LogP contribution in [-0.4, -0.2) is 86.7 Å². The fourth-order valence-corrected chi connectivity index (χ4v) is 7.67. The fraction of sp³-hybridized carbons (Fsp3) is 0.629. The first-order valence-electron chi connectivity index (χ1n) is 16.6. The molecule has 3 heterocycles. The molecule has 3 aliphatic heterocycles. The van der Waals surface area contributed by atoms with Crippen LogP contribution in [0.3, 0.4) is 0 Å². The Balaban J connectivity index is 1.35. The molecule has 12 heteroatoms. The zero-order valence-electron chi connectivity index (χ0n) is 27.2. The molecule has 47 heavy (non-hydrogen) atoms. The van der Waals surface area contributed by atoms with Crippen LogP contribution in [0.2, 0.25) is 0 Å². The van der Waals surface area contributed by atoms with Crippen molar-refractivity contribution in [1.29, 1.82) is 0 Å². The van der Waals surface area contributed by atoms with Gasteiger partial charge in [0.25, 0.3) is 0 Å². The van der Waals surface area contributed by atoms with Gasteiger partial charge >= 0.3 is 12.4 Å². The normalized spacial score (nSPS) is 22.3. The second-order valence-electron chi connectivity index (χ2n) is 13.3. The summed E-state index contributed by atoms with van der Waals surface area (Å²) >= 11 is 0. The number of amides is 1. The first-order chi connectivity index (χ1) is 22.3. The molecule has 6 nitrogen and oxygen atoms in total. The molecule has 0 radical (unpaired) electrons. The number of benzene rings is 2. The molecule has 3 aliphatic rings. The van der Waals surface area contributed by atoms with Crippen molar-refractivity contribution in [2.75, 3.05) is 60.0 Å². The number of alkyl halides is 6. The van der Waals surface area contributed by atoms with Gasteiger partial charge in [-0.1, -0.05) is 12.5 Å². The molecule has 1 atom stereocenters. The Bertz CT molecular complexity index is 1340. The smallest absolute Gasteiger partial charge is 0.416 e. The van der Waals surface area contributed by atoms with Crippen LogP contribution in [0.4, 0.5) is 26.3 Å². The molecule has 0 spiro atoms. The van der Waals surface area contributed by atoms with Gasteiger partial charge in [0.2, 0.25) is 5.91 Å². The number of rotatable bonds is 9. The molecule has 3 saturated heterocycles. The Labute approximate surface area is 273 Å². The van der Waals surface area contributed by atoms with E-state index in [0.717, 1.165) is 50.9 Å². The second kappa shape index (κ2) is 14.6. The van der Waals surface area contributed by atoms with Crippen LogP contribution >= 0.6 is 0 Å². The molecule has 0 N–H and O–H groups in total. The number of hydrogen-bond acceptors (Lipinski definition) is 5. The Kier molecular flexibility index (Phi) is 11.0. The zero-order chi connectivity index (χ0) is 33.8. The van der Waals surface area contributed by atoms with Crippen molar-refractivity contribution in [3.05, 3.63) is 58.7 Å². The van der Waals surface area contributed by atoms with Gasteiger partial charge in [0.15, 0.2) is 11.5 Å². The highest BCUT2D eigenvalue weighted by atomic mass is 19.4. The van der Waals surface area contributed by atoms with Crippen LogP contribution in [0, 0.1) is 0 Å². The summed E-state index contributed by atoms with van der Waals surface area (Å²) in [5.74, 6) is 0.628. The number of piperidine rings is 3. The average Bonchev–Trinajstić information content (AvgIpc) is 3.06. The molecule has 260 valence electrons. The van der Waals surface area contributed by atoms with Crippen LogP contribution in [-0.2, 0) is 29.0 Å². The molecule has 1 amide bonds. The van der Waals surface area contributed by atoms with E-state index in [0.29, 0.717) is 49.2 Å². The molecule has 0 aromatic heterocycles. The molecule has 0 aliphatic carbocycles. The lowest BCUT2D eigenvalue weighted by molar-refractivity contribution is -0.143. The van der Waals surface area contributed by atoms with Crippen molar-refractivity contribution in [1.82, 2.24) is 14.7 Å². The summed E-state index contributed by atoms with van der Waals surface area (Å²) in [6, 6.07) is 7.73. The van der Waals surface area contributed by atoms with E-state index in [1.165, 1.54) is 32.4 Å². The third-order valence-corrected chi connectivity index (χ3v) is 10.3. The van der Waals surface area contributed by atoms with E-state index in [-0.39, 0.29) is 11.6 Å². The van der Waals surface area contributed by atoms with E-state index < -0.39 is 41.2 Å². The number of carbonyl (C=O) groups excluding carboxylic acids is 1. The molecular weight excluding hydrogens is 624 g/mol. The number of halogens is 6. The monoisotopic (exact) mass is 669 g/mol. The highest BCUT2D eigenvalue weighted by Gasteiger charge is 2.41. The molecule has 0 bridgehead atoms. The largest absolute Gasteiger partial charge is 0.493 e. The quantitative estimate of drug-likeness (QED) is 0.265. The zero-order valence-corrected chi connectivity index (χ0v) is 27.2. The highest BCUT2D eigenvalue weighted by molar-refractivity contribution is 5.79. The number of likely N-dealkylation sites (tertiary alicyclic amines) is 3. The first kappa shape index (κ1) is 35.3. The van der Waals surface area contributed by atoms with Gasteiger partial charge in [-0.15, -0.1) is 0 Å². The fourth-order valence-electron chi connectivity index (χ4n) is 7.67. The number of hydrogen-bond donors (Lipinski definition) is 0. The lowest BCUT2D eigenvalue weighted by Crippen LogP contribution is -2.51. The van der Waals surface area contributed by atoms with Crippen molar-refractivity contribution in [2.45, 2.75) is 81.6 Å². The van der Waals surface area contributed by atoms with Gasteiger partial charge in [-0.25, -0.2) is 0 Å². The van der Waals surface area contributed by atoms with Gasteiger partial charge in [-0.05, 0) is 119 Å². The predicted molar refractivity (Wildman–Crippen MR) is 167 cm³/mol. The molecular formula is C35H45F6N3O3. The highest BCUT2D eigenvalue weighted by Crippen LogP contribution is 2.42. The van der Waals surface area contributed by atoms with Crippen LogP contribution in [0.25, 0.3) is 0 Å². The van der Waals surface area contributed by atoms with Crippen LogP contribution in [0.1, 0.15) is 73.6 Å². The number of nitrogens with zero attached hydrogens (tertiary/aromatic N) is 3. The van der Waals surface area contributed by atoms with Crippen LogP contribution < -0.4 is 9.47 Å². The lowest BCUT2D eigenvalue weighted by atomic mass is 9.71. The maximum Gasteiger partial charge on any atom is 0.416 e. The standard InChI is InChI=1S/C35H45F6N3O3/c1-46-30-8-7-26(23-31(30)47-2)33(12-18-42-16-9-29(10-17-42)43-13-4-3-5-14-43)11-6-15-44(24-33)32(45)21-25-19-27(34(36,37)38)22-28(20-25)35(39,40)41/h7-8,19-20,22-23,29H,3-6,9-18,21,24H2,1-2H3. The topological polar surface area (TPSA) is 45.2 Å². The van der Waals surface area contributed by atoms with Gasteiger partial charge in [-0.2, -0.15) is 26.3 Å². The Morgan fingerprint density at radius 3 is 2.04 bits per heavy atom. The van der Waals surface area contributed by atoms with E-state index in [9.17, 15) is 31.1 Å². The van der Waals surface area contributed by atoms with E-state index in [4.69, 9.17) is 9.47 Å². The number of ether oxygens (including phenoxy) is 2. The van der Waals surface area contributed by atoms with Gasteiger partial charge < -0.3 is 24.2 Å². The summed E-state index contributed by atoms with van der Waals surface area (Å²) in [4.78, 5) is 20.4. The average molecular weight is 670 g/mol. The van der Waals surface area contributed by atoms with Crippen molar-refractivity contribution < 1.29 is 40.6 Å². The molecule has 2 aromatic carbocycles. The Morgan fingerprint density at radius 1 is 0.809 bits per heavy atom. The predicted octanol–water partition coefficient (Wildman–Crippen LogP) is 7.18. The van der Waals surface area contributed by atoms with E-state index in [1.807, 2.05) is 18.2 Å². The minimum atomic E-state index is -4.98. The van der Waals surface area contributed by atoms with Gasteiger partial charge in [0.1, 0.15) is 0 Å². The Hall–Kier alpha value is -2.99. The molecule has 5 rings (SSSR count). The summed E-state index contributed by atoms with van der Waals surface area (Å²) in [5.41, 5.74) is -2.66. The van der Waals surface area contributed by atoms with Crippen molar-refractivity contribution in [2.24, 2.45) is 0 Å². The second-order valence-corrected chi connectivity index (χ2v) is 13.3. The maximum atomic E-state index is 13.6. The summed E-state index contributed by atoms with van der Waals surface area (Å²) in [7, 11) is 3.11. The Morgan fingerprint density at radius 2 is 1.45 bits per heavy atom. The van der Waals surface area contributed by atoms with Crippen molar-refractivity contribution >= 4 is 5.91 Å². The van der Waals surface area contributed by atoms with E-state index in [1.54, 1.807) is 19.1 Å². The summed E-state index contributed by atoms with van der Waals surface area (Å²) in [5, 5.41) is 0. The van der Waals surface area contributed by atoms with Crippen molar-refractivity contribution in [3.63, 3.8) is 0 Å². The van der Waals surface area contributed by atoms with Crippen LogP contribution in [0.15, 0.2) is 36.4 Å². The van der Waals surface area contributed by atoms with Gasteiger partial charge in [-0.3, -0.25) is 4.79 Å². The lowest BCUT2D eigenvalue weighted by Gasteiger charge is -2.45. The van der Waals surface area contributed by atoms with Gasteiger partial charge in [0, 0.05) is 24.5 Å². The van der Waals surface area contributed by atoms with E-state index in [2.05, 4.69) is 9.80 Å². The first-order valence-corrected chi connectivity index (χ1v) is 16.6. The molecule has 2 aromatic rings. The van der Waals surface area contributed by atoms with Crippen LogP contribution in [0.5, 0.6) is 11.5 Å². The van der Waals surface area contributed by atoms with E-state index >= 15 is 0 Å². The molecule has 3 fully saturated rings.